The van der Waals surface area contributed by atoms with Crippen LogP contribution < -0.4 is 0 Å². The molecule has 1 aromatic carbocycles. The summed E-state index contributed by atoms with van der Waals surface area (Å²) in [6.45, 7) is 2.98. The molecule has 5 nitrogen and oxygen atoms in total. The van der Waals surface area contributed by atoms with Gasteiger partial charge in [0.05, 0.1) is 0 Å². The van der Waals surface area contributed by atoms with Crippen molar-refractivity contribution in [2.75, 3.05) is 26.2 Å². The Hall–Kier alpha value is -1.54. The fraction of sp³-hybridized carbons (Fsp3) is 0.533. The summed E-state index contributed by atoms with van der Waals surface area (Å²) in [7, 11) is -4.04. The highest BCUT2D eigenvalue weighted by Gasteiger charge is 2.30. The Labute approximate surface area is 134 Å². The molecule has 1 heterocycles. The minimum Gasteiger partial charge on any atom is -0.341 e. The van der Waals surface area contributed by atoms with Crippen LogP contribution in [0.15, 0.2) is 23.1 Å². The third kappa shape index (κ3) is 4.06. The van der Waals surface area contributed by atoms with Crippen molar-refractivity contribution in [3.05, 3.63) is 29.8 Å². The number of hydrogen-bond acceptors (Lipinski definition) is 3. The van der Waals surface area contributed by atoms with E-state index >= 15 is 0 Å². The second-order valence-electron chi connectivity index (χ2n) is 5.46. The highest BCUT2D eigenvalue weighted by molar-refractivity contribution is 7.89. The fourth-order valence-corrected chi connectivity index (χ4v) is 4.09. The number of nitrogens with zero attached hydrogens (tertiary/aromatic N) is 2. The Bertz CT molecular complexity index is 679. The maximum Gasteiger partial charge on any atom is 0.246 e. The molecular formula is C15H20F2N2O3S. The lowest BCUT2D eigenvalue weighted by Crippen LogP contribution is -2.37. The molecule has 1 amide bonds. The van der Waals surface area contributed by atoms with Gasteiger partial charge in [-0.3, -0.25) is 4.79 Å². The second-order valence-corrected chi connectivity index (χ2v) is 7.37. The molecule has 0 spiro atoms. The van der Waals surface area contributed by atoms with Gasteiger partial charge in [0.1, 0.15) is 16.5 Å². The SMILES string of the molecule is CCCC(=O)N1CCCN(S(=O)(=O)c2ccc(F)cc2F)CC1. The van der Waals surface area contributed by atoms with Crippen molar-refractivity contribution < 1.29 is 22.0 Å². The van der Waals surface area contributed by atoms with E-state index in [0.29, 0.717) is 25.5 Å². The average Bonchev–Trinajstić information content (AvgIpc) is 2.73. The lowest BCUT2D eigenvalue weighted by atomic mass is 10.3. The molecule has 0 atom stereocenters. The molecule has 0 aliphatic carbocycles. The van der Waals surface area contributed by atoms with Gasteiger partial charge in [-0.2, -0.15) is 4.31 Å². The zero-order chi connectivity index (χ0) is 17.0. The van der Waals surface area contributed by atoms with Gasteiger partial charge in [-0.1, -0.05) is 6.92 Å². The molecule has 1 aliphatic rings. The van der Waals surface area contributed by atoms with E-state index in [-0.39, 0.29) is 25.5 Å². The Morgan fingerprint density at radius 1 is 1.17 bits per heavy atom. The molecule has 1 saturated heterocycles. The van der Waals surface area contributed by atoms with Gasteiger partial charge in [0.15, 0.2) is 0 Å². The van der Waals surface area contributed by atoms with Gasteiger partial charge in [0.2, 0.25) is 15.9 Å². The highest BCUT2D eigenvalue weighted by Crippen LogP contribution is 2.21. The molecular weight excluding hydrogens is 326 g/mol. The standard InChI is InChI=1S/C15H20F2N2O3S/c1-2-4-15(20)18-7-3-8-19(10-9-18)23(21,22)14-6-5-12(16)11-13(14)17/h5-6,11H,2-4,7-10H2,1H3. The van der Waals surface area contributed by atoms with Crippen molar-refractivity contribution in [2.24, 2.45) is 0 Å². The van der Waals surface area contributed by atoms with Gasteiger partial charge in [0, 0.05) is 38.7 Å². The quantitative estimate of drug-likeness (QED) is 0.838. The number of rotatable bonds is 4. The van der Waals surface area contributed by atoms with E-state index < -0.39 is 26.6 Å². The van der Waals surface area contributed by atoms with Crippen LogP contribution in [0.1, 0.15) is 26.2 Å². The third-order valence-electron chi connectivity index (χ3n) is 3.78. The Balaban J connectivity index is 2.16. The number of carbonyl (C=O) groups excluding carboxylic acids is 1. The van der Waals surface area contributed by atoms with Crippen LogP contribution in [-0.4, -0.2) is 49.7 Å². The van der Waals surface area contributed by atoms with Crippen LogP contribution in [-0.2, 0) is 14.8 Å². The molecule has 0 aromatic heterocycles. The van der Waals surface area contributed by atoms with Gasteiger partial charge in [0.25, 0.3) is 0 Å². The lowest BCUT2D eigenvalue weighted by molar-refractivity contribution is -0.131. The van der Waals surface area contributed by atoms with Crippen molar-refractivity contribution in [3.63, 3.8) is 0 Å². The predicted molar refractivity (Wildman–Crippen MR) is 81.2 cm³/mol. The van der Waals surface area contributed by atoms with Crippen LogP contribution in [0.5, 0.6) is 0 Å². The van der Waals surface area contributed by atoms with Gasteiger partial charge >= 0.3 is 0 Å². The fourth-order valence-electron chi connectivity index (χ4n) is 2.58. The van der Waals surface area contributed by atoms with Crippen molar-refractivity contribution in [3.8, 4) is 0 Å². The van der Waals surface area contributed by atoms with Crippen molar-refractivity contribution in [1.82, 2.24) is 9.21 Å². The molecule has 2 rings (SSSR count). The Kier molecular flexibility index (Phi) is 5.69. The molecule has 1 fully saturated rings. The molecule has 128 valence electrons. The summed E-state index contributed by atoms with van der Waals surface area (Å²) in [5.74, 6) is -1.93. The molecule has 0 saturated carbocycles. The minimum atomic E-state index is -4.04. The number of hydrogen-bond donors (Lipinski definition) is 0. The maximum absolute atomic E-state index is 13.8. The average molecular weight is 346 g/mol. The Morgan fingerprint density at radius 3 is 2.57 bits per heavy atom. The number of amides is 1. The number of halogens is 2. The van der Waals surface area contributed by atoms with Gasteiger partial charge < -0.3 is 4.90 Å². The van der Waals surface area contributed by atoms with Gasteiger partial charge in [-0.05, 0) is 25.0 Å². The van der Waals surface area contributed by atoms with Crippen molar-refractivity contribution >= 4 is 15.9 Å². The number of benzene rings is 1. The van der Waals surface area contributed by atoms with E-state index in [1.54, 1.807) is 4.90 Å². The first-order chi connectivity index (χ1) is 10.9. The molecule has 0 bridgehead atoms. The van der Waals surface area contributed by atoms with Gasteiger partial charge in [-0.15, -0.1) is 0 Å². The first-order valence-electron chi connectivity index (χ1n) is 7.59. The van der Waals surface area contributed by atoms with Crippen LogP contribution in [0.2, 0.25) is 0 Å². The van der Waals surface area contributed by atoms with E-state index in [4.69, 9.17) is 0 Å². The zero-order valence-electron chi connectivity index (χ0n) is 13.0. The van der Waals surface area contributed by atoms with E-state index in [2.05, 4.69) is 0 Å². The second kappa shape index (κ2) is 7.35. The van der Waals surface area contributed by atoms with Crippen molar-refractivity contribution in [2.45, 2.75) is 31.1 Å². The maximum atomic E-state index is 13.8. The molecule has 0 N–H and O–H groups in total. The summed E-state index contributed by atoms with van der Waals surface area (Å²) < 4.78 is 53.0. The normalized spacial score (nSPS) is 17.1. The Morgan fingerprint density at radius 2 is 1.91 bits per heavy atom. The summed E-state index contributed by atoms with van der Waals surface area (Å²) in [6.07, 6.45) is 1.65. The third-order valence-corrected chi connectivity index (χ3v) is 5.72. The van der Waals surface area contributed by atoms with E-state index in [0.717, 1.165) is 22.9 Å². The van der Waals surface area contributed by atoms with Crippen molar-refractivity contribution in [1.29, 1.82) is 0 Å². The van der Waals surface area contributed by atoms with Crippen LogP contribution in [0, 0.1) is 11.6 Å². The summed E-state index contributed by atoms with van der Waals surface area (Å²) in [6, 6.07) is 2.41. The van der Waals surface area contributed by atoms with E-state index in [1.807, 2.05) is 6.92 Å². The summed E-state index contributed by atoms with van der Waals surface area (Å²) in [5.41, 5.74) is 0. The predicted octanol–water partition coefficient (Wildman–Crippen LogP) is 1.99. The topological polar surface area (TPSA) is 57.7 Å². The number of sulfonamides is 1. The minimum absolute atomic E-state index is 0.000268. The van der Waals surface area contributed by atoms with Crippen LogP contribution in [0.4, 0.5) is 8.78 Å². The molecule has 23 heavy (non-hydrogen) atoms. The summed E-state index contributed by atoms with van der Waals surface area (Å²) in [4.78, 5) is 13.0. The number of carbonyl (C=O) groups is 1. The van der Waals surface area contributed by atoms with Gasteiger partial charge in [-0.25, -0.2) is 17.2 Å². The molecule has 1 aromatic rings. The molecule has 0 unspecified atom stereocenters. The smallest absolute Gasteiger partial charge is 0.246 e. The molecule has 8 heteroatoms. The van der Waals surface area contributed by atoms with Crippen LogP contribution >= 0.6 is 0 Å². The van der Waals surface area contributed by atoms with E-state index in [1.165, 1.54) is 0 Å². The van der Waals surface area contributed by atoms with Crippen LogP contribution in [0.25, 0.3) is 0 Å². The first kappa shape index (κ1) is 17.8. The largest absolute Gasteiger partial charge is 0.341 e. The summed E-state index contributed by atoms with van der Waals surface area (Å²) >= 11 is 0. The first-order valence-corrected chi connectivity index (χ1v) is 9.03. The summed E-state index contributed by atoms with van der Waals surface area (Å²) in [5, 5.41) is 0. The molecule has 0 radical (unpaired) electrons. The zero-order valence-corrected chi connectivity index (χ0v) is 13.8. The highest BCUT2D eigenvalue weighted by atomic mass is 32.2. The van der Waals surface area contributed by atoms with Crippen LogP contribution in [0.3, 0.4) is 0 Å². The monoisotopic (exact) mass is 346 g/mol. The van der Waals surface area contributed by atoms with E-state index in [9.17, 15) is 22.0 Å². The lowest BCUT2D eigenvalue weighted by Gasteiger charge is -2.22. The molecule has 1 aliphatic heterocycles.